The molecule has 0 bridgehead atoms. The lowest BCUT2D eigenvalue weighted by Crippen LogP contribution is -2.07. The number of benzene rings is 2. The number of anilines is 1. The van der Waals surface area contributed by atoms with Gasteiger partial charge in [-0.2, -0.15) is 5.10 Å². The van der Waals surface area contributed by atoms with Gasteiger partial charge in [0, 0.05) is 30.5 Å². The molecule has 0 saturated heterocycles. The van der Waals surface area contributed by atoms with Crippen LogP contribution in [0.2, 0.25) is 0 Å². The highest BCUT2D eigenvalue weighted by Crippen LogP contribution is 2.30. The van der Waals surface area contributed by atoms with Crippen molar-refractivity contribution in [2.24, 2.45) is 0 Å². The third-order valence-electron chi connectivity index (χ3n) is 5.15. The average Bonchev–Trinajstić information content (AvgIpc) is 3.37. The number of nitrogens with zero attached hydrogens (tertiary/aromatic N) is 4. The zero-order chi connectivity index (χ0) is 22.3. The molecule has 0 atom stereocenters. The Bertz CT molecular complexity index is 1520. The fourth-order valence-corrected chi connectivity index (χ4v) is 3.52. The van der Waals surface area contributed by atoms with Gasteiger partial charge in [0.15, 0.2) is 11.2 Å². The van der Waals surface area contributed by atoms with Gasteiger partial charge in [-0.3, -0.25) is 0 Å². The van der Waals surface area contributed by atoms with Crippen molar-refractivity contribution in [3.63, 3.8) is 0 Å². The lowest BCUT2D eigenvalue weighted by Gasteiger charge is -2.11. The third-order valence-corrected chi connectivity index (χ3v) is 5.15. The van der Waals surface area contributed by atoms with Crippen molar-refractivity contribution < 1.29 is 13.3 Å². The molecule has 2 N–H and O–H groups in total. The normalized spacial score (nSPS) is 11.6. The van der Waals surface area contributed by atoms with Crippen LogP contribution in [0.15, 0.2) is 65.4 Å². The molecule has 5 aromatic rings. The predicted octanol–water partition coefficient (Wildman–Crippen LogP) is 4.56. The topological polar surface area (TPSA) is 82.2 Å². The highest BCUT2D eigenvalue weighted by atomic mass is 19.3. The molecule has 8 heteroatoms. The summed E-state index contributed by atoms with van der Waals surface area (Å²) in [6.07, 6.45) is 3.62. The Morgan fingerprint density at radius 3 is 2.84 bits per heavy atom. The van der Waals surface area contributed by atoms with Crippen LogP contribution in [0.3, 0.4) is 0 Å². The van der Waals surface area contributed by atoms with E-state index in [1.165, 1.54) is 12.1 Å². The SMILES string of the molecule is CC(F)(F)c1cccc(Cc2noc3c(C#Cc4cnc5cccnn45)c(N)ccc23)c1. The summed E-state index contributed by atoms with van der Waals surface area (Å²) >= 11 is 0. The maximum atomic E-state index is 13.7. The molecule has 158 valence electrons. The molecular weight excluding hydrogens is 412 g/mol. The van der Waals surface area contributed by atoms with Gasteiger partial charge in [0.1, 0.15) is 5.69 Å². The van der Waals surface area contributed by atoms with E-state index in [-0.39, 0.29) is 5.56 Å². The Hall–Kier alpha value is -4.25. The van der Waals surface area contributed by atoms with E-state index >= 15 is 0 Å². The van der Waals surface area contributed by atoms with Crippen LogP contribution in [0.25, 0.3) is 16.6 Å². The number of nitrogen functional groups attached to an aromatic ring is 1. The molecule has 6 nitrogen and oxygen atoms in total. The smallest absolute Gasteiger partial charge is 0.270 e. The zero-order valence-corrected chi connectivity index (χ0v) is 17.0. The summed E-state index contributed by atoms with van der Waals surface area (Å²) in [6, 6.07) is 13.5. The van der Waals surface area contributed by atoms with E-state index in [9.17, 15) is 8.78 Å². The summed E-state index contributed by atoms with van der Waals surface area (Å²) in [5.41, 5.74) is 10.1. The maximum absolute atomic E-state index is 13.7. The maximum Gasteiger partial charge on any atom is 0.270 e. The summed E-state index contributed by atoms with van der Waals surface area (Å²) in [4.78, 5) is 4.27. The van der Waals surface area contributed by atoms with Crippen LogP contribution in [0.5, 0.6) is 0 Å². The number of rotatable bonds is 3. The number of alkyl halides is 2. The highest BCUT2D eigenvalue weighted by molar-refractivity contribution is 5.90. The Morgan fingerprint density at radius 1 is 1.12 bits per heavy atom. The van der Waals surface area contributed by atoms with Crippen molar-refractivity contribution >= 4 is 22.3 Å². The molecule has 5 rings (SSSR count). The second-order valence-electron chi connectivity index (χ2n) is 7.49. The van der Waals surface area contributed by atoms with Crippen molar-refractivity contribution in [1.29, 1.82) is 0 Å². The van der Waals surface area contributed by atoms with Crippen molar-refractivity contribution in [3.05, 3.63) is 89.0 Å². The number of aromatic nitrogens is 4. The standard InChI is InChI=1S/C24H17F2N5O/c1-24(25,26)16-5-2-4-15(12-16)13-21-19-9-10-20(27)18(23(19)32-30-21)8-7-17-14-28-22-6-3-11-29-31(17)22/h2-6,9-12,14H,13,27H2,1H3. The molecule has 32 heavy (non-hydrogen) atoms. The first-order chi connectivity index (χ1) is 15.4. The fourth-order valence-electron chi connectivity index (χ4n) is 3.52. The second kappa shape index (κ2) is 7.46. The van der Waals surface area contributed by atoms with Gasteiger partial charge >= 0.3 is 0 Å². The molecule has 3 aromatic heterocycles. The molecule has 0 unspecified atom stereocenters. The molecule has 0 radical (unpaired) electrons. The van der Waals surface area contributed by atoms with E-state index in [1.54, 1.807) is 47.2 Å². The van der Waals surface area contributed by atoms with E-state index in [4.69, 9.17) is 10.3 Å². The summed E-state index contributed by atoms with van der Waals surface area (Å²) < 4.78 is 34.6. The van der Waals surface area contributed by atoms with Gasteiger partial charge in [-0.25, -0.2) is 18.3 Å². The molecule has 0 aliphatic carbocycles. The lowest BCUT2D eigenvalue weighted by molar-refractivity contribution is 0.0174. The lowest BCUT2D eigenvalue weighted by atomic mass is 10.0. The van der Waals surface area contributed by atoms with E-state index < -0.39 is 5.92 Å². The number of fused-ring (bicyclic) bond motifs is 2. The van der Waals surface area contributed by atoms with Crippen LogP contribution >= 0.6 is 0 Å². The molecule has 0 fully saturated rings. The molecule has 3 heterocycles. The van der Waals surface area contributed by atoms with Gasteiger partial charge in [-0.15, -0.1) is 0 Å². The summed E-state index contributed by atoms with van der Waals surface area (Å²) in [7, 11) is 0. The monoisotopic (exact) mass is 429 g/mol. The van der Waals surface area contributed by atoms with E-state index in [2.05, 4.69) is 27.1 Å². The Morgan fingerprint density at radius 2 is 2.00 bits per heavy atom. The van der Waals surface area contributed by atoms with Gasteiger partial charge in [0.2, 0.25) is 0 Å². The Kier molecular flexibility index (Phi) is 4.59. The molecule has 2 aromatic carbocycles. The third kappa shape index (κ3) is 3.54. The van der Waals surface area contributed by atoms with Gasteiger partial charge in [-0.05, 0) is 41.8 Å². The minimum Gasteiger partial charge on any atom is -0.398 e. The first-order valence-corrected chi connectivity index (χ1v) is 9.85. The van der Waals surface area contributed by atoms with Crippen molar-refractivity contribution in [3.8, 4) is 11.8 Å². The van der Waals surface area contributed by atoms with Gasteiger partial charge in [-0.1, -0.05) is 29.3 Å². The number of nitrogens with two attached hydrogens (primary N) is 1. The van der Waals surface area contributed by atoms with Gasteiger partial charge in [0.05, 0.1) is 23.1 Å². The predicted molar refractivity (Wildman–Crippen MR) is 116 cm³/mol. The molecule has 0 amide bonds. The summed E-state index contributed by atoms with van der Waals surface area (Å²) in [5, 5.41) is 9.14. The van der Waals surface area contributed by atoms with E-state index in [0.717, 1.165) is 12.3 Å². The second-order valence-corrected chi connectivity index (χ2v) is 7.49. The Balaban J connectivity index is 1.53. The number of hydrogen-bond donors (Lipinski definition) is 1. The Labute approximate surface area is 181 Å². The largest absolute Gasteiger partial charge is 0.398 e. The van der Waals surface area contributed by atoms with Crippen LogP contribution in [0, 0.1) is 11.8 Å². The van der Waals surface area contributed by atoms with Crippen molar-refractivity contribution in [2.45, 2.75) is 19.3 Å². The number of halogens is 2. The highest BCUT2D eigenvalue weighted by Gasteiger charge is 2.24. The van der Waals surface area contributed by atoms with Gasteiger partial charge in [0.25, 0.3) is 5.92 Å². The molecule has 0 aliphatic heterocycles. The van der Waals surface area contributed by atoms with Gasteiger partial charge < -0.3 is 10.3 Å². The minimum absolute atomic E-state index is 0.0414. The van der Waals surface area contributed by atoms with Crippen LogP contribution in [-0.2, 0) is 12.3 Å². The molecule has 0 saturated carbocycles. The van der Waals surface area contributed by atoms with Crippen molar-refractivity contribution in [2.75, 3.05) is 5.73 Å². The quantitative estimate of drug-likeness (QED) is 0.336. The molecule has 0 spiro atoms. The fraction of sp³-hybridized carbons (Fsp3) is 0.125. The van der Waals surface area contributed by atoms with E-state index in [1.807, 2.05) is 6.07 Å². The molecular formula is C24H17F2N5O. The average molecular weight is 429 g/mol. The van der Waals surface area contributed by atoms with E-state index in [0.29, 0.717) is 45.9 Å². The first kappa shape index (κ1) is 19.7. The van der Waals surface area contributed by atoms with Crippen LogP contribution in [0.4, 0.5) is 14.5 Å². The number of imidazole rings is 1. The summed E-state index contributed by atoms with van der Waals surface area (Å²) in [5.74, 6) is 3.17. The first-order valence-electron chi connectivity index (χ1n) is 9.85. The molecule has 0 aliphatic rings. The zero-order valence-electron chi connectivity index (χ0n) is 17.0. The number of hydrogen-bond acceptors (Lipinski definition) is 5. The minimum atomic E-state index is -2.91. The van der Waals surface area contributed by atoms with Crippen LogP contribution in [-0.4, -0.2) is 19.8 Å². The van der Waals surface area contributed by atoms with Crippen molar-refractivity contribution in [1.82, 2.24) is 19.8 Å². The van der Waals surface area contributed by atoms with Crippen LogP contribution < -0.4 is 5.73 Å². The van der Waals surface area contributed by atoms with Crippen LogP contribution in [0.1, 0.15) is 35.0 Å². The summed E-state index contributed by atoms with van der Waals surface area (Å²) in [6.45, 7) is 0.880.